The van der Waals surface area contributed by atoms with Gasteiger partial charge in [-0.2, -0.15) is 0 Å². The largest absolute Gasteiger partial charge is 0.337 e. The third-order valence-electron chi connectivity index (χ3n) is 3.81. The number of benzene rings is 1. The summed E-state index contributed by atoms with van der Waals surface area (Å²) in [5.41, 5.74) is 2.58. The summed E-state index contributed by atoms with van der Waals surface area (Å²) >= 11 is 0. The number of carbonyl (C=O) groups excluding carboxylic acids is 3. The van der Waals surface area contributed by atoms with E-state index in [9.17, 15) is 14.4 Å². The SMILES string of the molecule is C=CCn1c(C=C2C(=O)NC(=O)NC2=O)c(C)c2ccccc21. The fraction of sp³-hybridized carbons (Fsp3) is 0.118. The quantitative estimate of drug-likeness (QED) is 0.516. The monoisotopic (exact) mass is 309 g/mol. The zero-order chi connectivity index (χ0) is 16.6. The number of urea groups is 1. The van der Waals surface area contributed by atoms with E-state index in [4.69, 9.17) is 0 Å². The lowest BCUT2D eigenvalue weighted by Gasteiger charge is -2.14. The molecule has 116 valence electrons. The number of carbonyl (C=O) groups is 3. The number of allylic oxidation sites excluding steroid dienone is 1. The molecule has 2 aromatic rings. The smallest absolute Gasteiger partial charge is 0.328 e. The van der Waals surface area contributed by atoms with E-state index in [-0.39, 0.29) is 5.57 Å². The Morgan fingerprint density at radius 3 is 2.43 bits per heavy atom. The summed E-state index contributed by atoms with van der Waals surface area (Å²) in [7, 11) is 0. The van der Waals surface area contributed by atoms with Crippen molar-refractivity contribution < 1.29 is 14.4 Å². The molecule has 2 N–H and O–H groups in total. The van der Waals surface area contributed by atoms with Crippen LogP contribution in [0.3, 0.4) is 0 Å². The van der Waals surface area contributed by atoms with Gasteiger partial charge in [-0.3, -0.25) is 20.2 Å². The predicted octanol–water partition coefficient (Wildman–Crippen LogP) is 1.89. The highest BCUT2D eigenvalue weighted by atomic mass is 16.2. The van der Waals surface area contributed by atoms with E-state index in [1.54, 1.807) is 6.08 Å². The molecule has 0 radical (unpaired) electrons. The van der Waals surface area contributed by atoms with Crippen molar-refractivity contribution in [2.75, 3.05) is 0 Å². The molecule has 0 spiro atoms. The number of hydrogen-bond donors (Lipinski definition) is 2. The van der Waals surface area contributed by atoms with Gasteiger partial charge in [-0.05, 0) is 24.6 Å². The van der Waals surface area contributed by atoms with Crippen molar-refractivity contribution in [2.24, 2.45) is 0 Å². The lowest BCUT2D eigenvalue weighted by molar-refractivity contribution is -0.123. The lowest BCUT2D eigenvalue weighted by atomic mass is 10.1. The number of nitrogens with one attached hydrogen (secondary N) is 2. The predicted molar refractivity (Wildman–Crippen MR) is 86.5 cm³/mol. The van der Waals surface area contributed by atoms with Crippen LogP contribution in [-0.4, -0.2) is 22.4 Å². The number of hydrogen-bond acceptors (Lipinski definition) is 3. The molecule has 0 aliphatic carbocycles. The highest BCUT2D eigenvalue weighted by molar-refractivity contribution is 6.31. The maximum absolute atomic E-state index is 11.9. The average molecular weight is 309 g/mol. The molecule has 6 nitrogen and oxygen atoms in total. The minimum atomic E-state index is -0.805. The summed E-state index contributed by atoms with van der Waals surface area (Å²) in [6, 6.07) is 7.01. The van der Waals surface area contributed by atoms with Crippen molar-refractivity contribution in [3.63, 3.8) is 0 Å². The fourth-order valence-corrected chi connectivity index (χ4v) is 2.75. The molecule has 0 unspecified atom stereocenters. The van der Waals surface area contributed by atoms with E-state index in [1.807, 2.05) is 35.8 Å². The number of rotatable bonds is 3. The zero-order valence-corrected chi connectivity index (χ0v) is 12.6. The Hall–Kier alpha value is -3.15. The molecule has 1 aromatic carbocycles. The first kappa shape index (κ1) is 14.8. The summed E-state index contributed by atoms with van der Waals surface area (Å²) in [4.78, 5) is 35.0. The summed E-state index contributed by atoms with van der Waals surface area (Å²) in [6.45, 7) is 6.22. The van der Waals surface area contributed by atoms with Crippen molar-refractivity contribution in [3.8, 4) is 0 Å². The van der Waals surface area contributed by atoms with Gasteiger partial charge in [0.1, 0.15) is 5.57 Å². The Balaban J connectivity index is 2.21. The van der Waals surface area contributed by atoms with Gasteiger partial charge in [0.15, 0.2) is 0 Å². The molecule has 1 aliphatic heterocycles. The topological polar surface area (TPSA) is 80.2 Å². The number of imide groups is 2. The Kier molecular flexibility index (Phi) is 3.57. The van der Waals surface area contributed by atoms with Crippen molar-refractivity contribution in [3.05, 3.63) is 53.8 Å². The highest BCUT2D eigenvalue weighted by Gasteiger charge is 2.28. The molecule has 2 heterocycles. The van der Waals surface area contributed by atoms with Crippen LogP contribution in [0.1, 0.15) is 11.3 Å². The molecule has 1 aliphatic rings. The van der Waals surface area contributed by atoms with Gasteiger partial charge in [0.25, 0.3) is 11.8 Å². The molecule has 1 saturated heterocycles. The number of barbiturate groups is 1. The number of para-hydroxylation sites is 1. The molecule has 1 fully saturated rings. The minimum Gasteiger partial charge on any atom is -0.337 e. The molecule has 4 amide bonds. The van der Waals surface area contributed by atoms with Gasteiger partial charge in [0, 0.05) is 23.1 Å². The van der Waals surface area contributed by atoms with Crippen LogP contribution in [0.15, 0.2) is 42.5 Å². The molecule has 3 rings (SSSR count). The number of nitrogens with zero attached hydrogens (tertiary/aromatic N) is 1. The van der Waals surface area contributed by atoms with E-state index in [0.717, 1.165) is 22.2 Å². The molecule has 6 heteroatoms. The lowest BCUT2D eigenvalue weighted by Crippen LogP contribution is -2.51. The van der Waals surface area contributed by atoms with Gasteiger partial charge < -0.3 is 4.57 Å². The van der Waals surface area contributed by atoms with Crippen LogP contribution in [-0.2, 0) is 16.1 Å². The van der Waals surface area contributed by atoms with Gasteiger partial charge >= 0.3 is 6.03 Å². The van der Waals surface area contributed by atoms with Crippen molar-refractivity contribution >= 4 is 34.8 Å². The Labute approximate surface area is 132 Å². The molecule has 0 saturated carbocycles. The maximum atomic E-state index is 11.9. The summed E-state index contributed by atoms with van der Waals surface area (Å²) in [5.74, 6) is -1.40. The first-order chi connectivity index (χ1) is 11.0. The van der Waals surface area contributed by atoms with Gasteiger partial charge in [-0.25, -0.2) is 4.79 Å². The van der Waals surface area contributed by atoms with Crippen LogP contribution in [0.5, 0.6) is 0 Å². The molecule has 23 heavy (non-hydrogen) atoms. The van der Waals surface area contributed by atoms with E-state index in [2.05, 4.69) is 17.2 Å². The molecular formula is C17H15N3O3. The maximum Gasteiger partial charge on any atom is 0.328 e. The third-order valence-corrected chi connectivity index (χ3v) is 3.81. The third kappa shape index (κ3) is 2.44. The summed E-state index contributed by atoms with van der Waals surface area (Å²) in [5, 5.41) is 5.19. The Morgan fingerprint density at radius 2 is 1.78 bits per heavy atom. The Morgan fingerprint density at radius 1 is 1.13 bits per heavy atom. The first-order valence-corrected chi connectivity index (χ1v) is 7.10. The van der Waals surface area contributed by atoms with Gasteiger partial charge in [0.05, 0.1) is 0 Å². The second-order valence-electron chi connectivity index (χ2n) is 5.22. The summed E-state index contributed by atoms with van der Waals surface area (Å²) < 4.78 is 1.97. The number of amides is 4. The van der Waals surface area contributed by atoms with Gasteiger partial charge in [-0.1, -0.05) is 24.3 Å². The number of fused-ring (bicyclic) bond motifs is 1. The Bertz CT molecular complexity index is 868. The van der Waals surface area contributed by atoms with E-state index < -0.39 is 17.8 Å². The van der Waals surface area contributed by atoms with Gasteiger partial charge in [0.2, 0.25) is 0 Å². The van der Waals surface area contributed by atoms with Crippen LogP contribution in [0.2, 0.25) is 0 Å². The zero-order valence-electron chi connectivity index (χ0n) is 12.6. The van der Waals surface area contributed by atoms with Crippen molar-refractivity contribution in [1.82, 2.24) is 15.2 Å². The van der Waals surface area contributed by atoms with Crippen molar-refractivity contribution in [2.45, 2.75) is 13.5 Å². The highest BCUT2D eigenvalue weighted by Crippen LogP contribution is 2.27. The summed E-state index contributed by atoms with van der Waals surface area (Å²) in [6.07, 6.45) is 3.26. The standard InChI is InChI=1S/C17H15N3O3/c1-3-8-20-13-7-5-4-6-11(13)10(2)14(20)9-12-15(21)18-17(23)19-16(12)22/h3-7,9H,1,8H2,2H3,(H2,18,19,21,22,23). The normalized spacial score (nSPS) is 14.7. The van der Waals surface area contributed by atoms with Crippen molar-refractivity contribution in [1.29, 1.82) is 0 Å². The van der Waals surface area contributed by atoms with Crippen LogP contribution in [0.25, 0.3) is 17.0 Å². The molecule has 0 bridgehead atoms. The van der Waals surface area contributed by atoms with Crippen LogP contribution in [0, 0.1) is 6.92 Å². The number of aromatic nitrogens is 1. The van der Waals surface area contributed by atoms with Gasteiger partial charge in [-0.15, -0.1) is 6.58 Å². The van der Waals surface area contributed by atoms with E-state index in [0.29, 0.717) is 6.54 Å². The number of aryl methyl sites for hydroxylation is 1. The minimum absolute atomic E-state index is 0.0965. The first-order valence-electron chi connectivity index (χ1n) is 7.10. The molecule has 0 atom stereocenters. The van der Waals surface area contributed by atoms with Crippen LogP contribution < -0.4 is 10.6 Å². The van der Waals surface area contributed by atoms with E-state index >= 15 is 0 Å². The second kappa shape index (κ2) is 5.57. The average Bonchev–Trinajstić information content (AvgIpc) is 2.77. The van der Waals surface area contributed by atoms with Crippen LogP contribution >= 0.6 is 0 Å². The fourth-order valence-electron chi connectivity index (χ4n) is 2.75. The van der Waals surface area contributed by atoms with Crippen LogP contribution in [0.4, 0.5) is 4.79 Å². The second-order valence-corrected chi connectivity index (χ2v) is 5.22. The molecule has 1 aromatic heterocycles. The molecular weight excluding hydrogens is 294 g/mol. The van der Waals surface area contributed by atoms with E-state index in [1.165, 1.54) is 6.08 Å².